The molecule has 8 heteroatoms. The second-order valence-corrected chi connectivity index (χ2v) is 7.30. The number of halogens is 1. The van der Waals surface area contributed by atoms with Gasteiger partial charge in [-0.15, -0.1) is 0 Å². The van der Waals surface area contributed by atoms with Crippen LogP contribution in [0.1, 0.15) is 18.1 Å². The summed E-state index contributed by atoms with van der Waals surface area (Å²) in [7, 11) is 1.61. The SMILES string of the molecule is Cn1c(OC(c2ccsc2)[C@H]2CCNC2)nc(-c2ccncc2F)cc1=O. The molecule has 1 aliphatic rings. The Morgan fingerprint density at radius 3 is 3.04 bits per heavy atom. The van der Waals surface area contributed by atoms with Crippen molar-refractivity contribution in [1.29, 1.82) is 0 Å². The van der Waals surface area contributed by atoms with E-state index in [0.29, 0.717) is 0 Å². The summed E-state index contributed by atoms with van der Waals surface area (Å²) in [5.74, 6) is -0.253. The fourth-order valence-electron chi connectivity index (χ4n) is 3.27. The molecule has 3 aromatic heterocycles. The summed E-state index contributed by atoms with van der Waals surface area (Å²) < 4.78 is 21.7. The van der Waals surface area contributed by atoms with Crippen molar-refractivity contribution < 1.29 is 9.13 Å². The van der Waals surface area contributed by atoms with E-state index < -0.39 is 5.82 Å². The maximum atomic E-state index is 14.1. The minimum Gasteiger partial charge on any atom is -0.456 e. The second kappa shape index (κ2) is 7.58. The number of hydrogen-bond acceptors (Lipinski definition) is 6. The number of rotatable bonds is 5. The molecule has 0 spiro atoms. The van der Waals surface area contributed by atoms with Gasteiger partial charge in [-0.25, -0.2) is 4.39 Å². The summed E-state index contributed by atoms with van der Waals surface area (Å²) in [5, 5.41) is 7.40. The van der Waals surface area contributed by atoms with Gasteiger partial charge in [-0.1, -0.05) is 0 Å². The zero-order valence-corrected chi connectivity index (χ0v) is 15.6. The molecule has 27 heavy (non-hydrogen) atoms. The zero-order valence-electron chi connectivity index (χ0n) is 14.8. The van der Waals surface area contributed by atoms with Gasteiger partial charge in [-0.3, -0.25) is 14.3 Å². The van der Waals surface area contributed by atoms with E-state index in [1.165, 1.54) is 22.9 Å². The molecule has 3 aromatic rings. The molecule has 1 N–H and O–H groups in total. The maximum Gasteiger partial charge on any atom is 0.300 e. The molecule has 0 bridgehead atoms. The van der Waals surface area contributed by atoms with Crippen LogP contribution in [-0.2, 0) is 7.05 Å². The number of nitrogens with one attached hydrogen (secondary N) is 1. The Labute approximate surface area is 159 Å². The van der Waals surface area contributed by atoms with Crippen LogP contribution < -0.4 is 15.6 Å². The standard InChI is InChI=1S/C19H19FN4O2S/c1-24-17(25)8-16(14-3-6-22-10-15(14)20)23-19(24)26-18(12-2-5-21-9-12)13-4-7-27-11-13/h3-4,6-8,10-12,18,21H,2,5,9H2,1H3/t12-,18?/m0/s1. The van der Waals surface area contributed by atoms with E-state index in [4.69, 9.17) is 4.74 Å². The molecule has 0 radical (unpaired) electrons. The molecule has 6 nitrogen and oxygen atoms in total. The molecule has 1 fully saturated rings. The topological polar surface area (TPSA) is 69.0 Å². The molecule has 0 amide bonds. The Kier molecular flexibility index (Phi) is 5.00. The number of ether oxygens (including phenoxy) is 1. The number of pyridine rings is 1. The molecule has 4 heterocycles. The fraction of sp³-hybridized carbons (Fsp3) is 0.316. The fourth-order valence-corrected chi connectivity index (χ4v) is 3.95. The van der Waals surface area contributed by atoms with Crippen LogP contribution in [0.3, 0.4) is 0 Å². The van der Waals surface area contributed by atoms with Gasteiger partial charge < -0.3 is 10.1 Å². The van der Waals surface area contributed by atoms with Crippen LogP contribution in [0.15, 0.2) is 46.1 Å². The monoisotopic (exact) mass is 386 g/mol. The van der Waals surface area contributed by atoms with Gasteiger partial charge in [-0.05, 0) is 35.9 Å². The van der Waals surface area contributed by atoms with Crippen LogP contribution in [0.5, 0.6) is 6.01 Å². The summed E-state index contributed by atoms with van der Waals surface area (Å²) in [6.07, 6.45) is 3.33. The third-order valence-corrected chi connectivity index (χ3v) is 5.47. The Bertz CT molecular complexity index is 984. The van der Waals surface area contributed by atoms with Gasteiger partial charge in [0.2, 0.25) is 0 Å². The van der Waals surface area contributed by atoms with E-state index in [2.05, 4.69) is 15.3 Å². The predicted molar refractivity (Wildman–Crippen MR) is 101 cm³/mol. The van der Waals surface area contributed by atoms with Crippen LogP contribution in [0.4, 0.5) is 4.39 Å². The van der Waals surface area contributed by atoms with Gasteiger partial charge in [0.25, 0.3) is 11.6 Å². The van der Waals surface area contributed by atoms with Gasteiger partial charge in [-0.2, -0.15) is 16.3 Å². The van der Waals surface area contributed by atoms with Crippen LogP contribution >= 0.6 is 11.3 Å². The van der Waals surface area contributed by atoms with Crippen molar-refractivity contribution in [2.45, 2.75) is 12.5 Å². The molecular formula is C19H19FN4O2S. The summed E-state index contributed by atoms with van der Waals surface area (Å²) in [6.45, 7) is 1.77. The Morgan fingerprint density at radius 2 is 2.33 bits per heavy atom. The molecule has 2 atom stereocenters. The van der Waals surface area contributed by atoms with Crippen LogP contribution in [0.25, 0.3) is 11.3 Å². The highest BCUT2D eigenvalue weighted by molar-refractivity contribution is 7.07. The lowest BCUT2D eigenvalue weighted by molar-refractivity contribution is 0.125. The average Bonchev–Trinajstić information content (AvgIpc) is 3.37. The molecule has 1 unspecified atom stereocenters. The lowest BCUT2D eigenvalue weighted by Gasteiger charge is -2.24. The highest BCUT2D eigenvalue weighted by atomic mass is 32.1. The van der Waals surface area contributed by atoms with Gasteiger partial charge in [0.05, 0.1) is 11.9 Å². The first-order valence-electron chi connectivity index (χ1n) is 8.71. The van der Waals surface area contributed by atoms with E-state index in [0.717, 1.165) is 31.3 Å². The van der Waals surface area contributed by atoms with Gasteiger partial charge in [0.15, 0.2) is 5.82 Å². The largest absolute Gasteiger partial charge is 0.456 e. The second-order valence-electron chi connectivity index (χ2n) is 6.52. The third-order valence-electron chi connectivity index (χ3n) is 4.77. The van der Waals surface area contributed by atoms with Gasteiger partial charge in [0, 0.05) is 42.9 Å². The maximum absolute atomic E-state index is 14.1. The third kappa shape index (κ3) is 3.63. The lowest BCUT2D eigenvalue weighted by Crippen LogP contribution is -2.26. The highest BCUT2D eigenvalue weighted by Crippen LogP contribution is 2.32. The van der Waals surface area contributed by atoms with E-state index in [9.17, 15) is 9.18 Å². The first-order chi connectivity index (χ1) is 13.1. The highest BCUT2D eigenvalue weighted by Gasteiger charge is 2.29. The summed E-state index contributed by atoms with van der Waals surface area (Å²) in [5.41, 5.74) is 1.21. The summed E-state index contributed by atoms with van der Waals surface area (Å²) >= 11 is 1.60. The zero-order chi connectivity index (χ0) is 18.8. The van der Waals surface area contributed by atoms with Crippen molar-refractivity contribution in [2.24, 2.45) is 13.0 Å². The van der Waals surface area contributed by atoms with Crippen LogP contribution in [0, 0.1) is 11.7 Å². The molecule has 1 aliphatic heterocycles. The molecule has 0 aliphatic carbocycles. The molecular weight excluding hydrogens is 367 g/mol. The van der Waals surface area contributed by atoms with E-state index >= 15 is 0 Å². The Hall–Kier alpha value is -2.58. The van der Waals surface area contributed by atoms with E-state index in [1.807, 2.05) is 16.8 Å². The molecule has 1 saturated heterocycles. The summed E-state index contributed by atoms with van der Waals surface area (Å²) in [6, 6.07) is 5.01. The van der Waals surface area contributed by atoms with Crippen molar-refractivity contribution in [3.63, 3.8) is 0 Å². The normalized spacial score (nSPS) is 17.8. The van der Waals surface area contributed by atoms with Crippen LogP contribution in [-0.4, -0.2) is 27.6 Å². The quantitative estimate of drug-likeness (QED) is 0.730. The molecule has 0 aromatic carbocycles. The first kappa shape index (κ1) is 17.8. The number of hydrogen-bond donors (Lipinski definition) is 1. The smallest absolute Gasteiger partial charge is 0.300 e. The van der Waals surface area contributed by atoms with Crippen molar-refractivity contribution >= 4 is 11.3 Å². The first-order valence-corrected chi connectivity index (χ1v) is 9.65. The number of nitrogens with zero attached hydrogens (tertiary/aromatic N) is 3. The van der Waals surface area contributed by atoms with Crippen molar-refractivity contribution in [3.05, 3.63) is 63.1 Å². The van der Waals surface area contributed by atoms with Gasteiger partial charge >= 0.3 is 0 Å². The van der Waals surface area contributed by atoms with E-state index in [1.54, 1.807) is 18.4 Å². The average molecular weight is 386 g/mol. The molecule has 140 valence electrons. The van der Waals surface area contributed by atoms with Crippen molar-refractivity contribution in [2.75, 3.05) is 13.1 Å². The Morgan fingerprint density at radius 1 is 1.44 bits per heavy atom. The van der Waals surface area contributed by atoms with E-state index in [-0.39, 0.29) is 34.8 Å². The number of thiophene rings is 1. The van der Waals surface area contributed by atoms with Crippen molar-refractivity contribution in [3.8, 4) is 17.3 Å². The van der Waals surface area contributed by atoms with Crippen LogP contribution in [0.2, 0.25) is 0 Å². The minimum absolute atomic E-state index is 0.178. The molecule has 0 saturated carbocycles. The summed E-state index contributed by atoms with van der Waals surface area (Å²) in [4.78, 5) is 20.6. The van der Waals surface area contributed by atoms with Gasteiger partial charge in [0.1, 0.15) is 6.10 Å². The predicted octanol–water partition coefficient (Wildman–Crippen LogP) is 2.77. The number of aromatic nitrogens is 3. The minimum atomic E-state index is -0.529. The van der Waals surface area contributed by atoms with Crippen molar-refractivity contribution in [1.82, 2.24) is 19.9 Å². The Balaban J connectivity index is 1.74. The lowest BCUT2D eigenvalue weighted by atomic mass is 9.97. The molecule has 4 rings (SSSR count).